The van der Waals surface area contributed by atoms with E-state index in [1.54, 1.807) is 6.33 Å². The maximum Gasteiger partial charge on any atom is 0.147 e. The second-order valence-electron chi connectivity index (χ2n) is 8.44. The van der Waals surface area contributed by atoms with Gasteiger partial charge < -0.3 is 10.3 Å². The summed E-state index contributed by atoms with van der Waals surface area (Å²) in [4.78, 5) is 12.1. The van der Waals surface area contributed by atoms with Crippen LogP contribution in [-0.4, -0.2) is 21.5 Å². The molecule has 0 aliphatic rings. The fourth-order valence-electron chi connectivity index (χ4n) is 3.91. The largest absolute Gasteiger partial charge is 0.369 e. The normalized spacial score (nSPS) is 12.6. The Kier molecular flexibility index (Phi) is 9.79. The minimum Gasteiger partial charge on any atom is -0.369 e. The van der Waals surface area contributed by atoms with Crippen LogP contribution in [-0.2, 0) is 6.42 Å². The number of halogens is 1. The van der Waals surface area contributed by atoms with Crippen LogP contribution in [0.15, 0.2) is 47.3 Å². The molecule has 2 aromatic heterocycles. The van der Waals surface area contributed by atoms with Crippen LogP contribution >= 0.6 is 0 Å². The predicted octanol–water partition coefficient (Wildman–Crippen LogP) is 8.02. The van der Waals surface area contributed by atoms with Crippen LogP contribution in [0.2, 0.25) is 0 Å². The first-order valence-electron chi connectivity index (χ1n) is 12.0. The van der Waals surface area contributed by atoms with Crippen molar-refractivity contribution >= 4 is 22.8 Å². The SMILES string of the molecule is CC.C\C=C(C)/C=C(C)/C(C)=C/c1ncnc(NCCc2c(C)[nH]c3c(F)ccc(C)c23)c1C. The molecule has 182 valence electrons. The number of aromatic amines is 1. The van der Waals surface area contributed by atoms with Crippen molar-refractivity contribution < 1.29 is 4.39 Å². The van der Waals surface area contributed by atoms with Crippen molar-refractivity contribution in [2.45, 2.75) is 68.7 Å². The lowest BCUT2D eigenvalue weighted by atomic mass is 10.0. The van der Waals surface area contributed by atoms with Gasteiger partial charge in [0.05, 0.1) is 11.2 Å². The van der Waals surface area contributed by atoms with Crippen LogP contribution in [0.5, 0.6) is 0 Å². The molecule has 0 bridgehead atoms. The van der Waals surface area contributed by atoms with Crippen LogP contribution in [0.25, 0.3) is 17.0 Å². The third-order valence-corrected chi connectivity index (χ3v) is 6.10. The third kappa shape index (κ3) is 6.22. The van der Waals surface area contributed by atoms with Gasteiger partial charge in [-0.2, -0.15) is 0 Å². The molecule has 3 rings (SSSR count). The molecule has 4 nitrogen and oxygen atoms in total. The van der Waals surface area contributed by atoms with Gasteiger partial charge in [0.1, 0.15) is 18.0 Å². The maximum atomic E-state index is 14.2. The summed E-state index contributed by atoms with van der Waals surface area (Å²) in [6, 6.07) is 3.36. The number of benzene rings is 1. The summed E-state index contributed by atoms with van der Waals surface area (Å²) in [6.45, 7) is 19.1. The van der Waals surface area contributed by atoms with E-state index >= 15 is 0 Å². The van der Waals surface area contributed by atoms with Gasteiger partial charge in [0.2, 0.25) is 0 Å². The second-order valence-corrected chi connectivity index (χ2v) is 8.44. The number of hydrogen-bond donors (Lipinski definition) is 2. The quantitative estimate of drug-likeness (QED) is 0.350. The zero-order chi connectivity index (χ0) is 25.4. The number of hydrogen-bond acceptors (Lipinski definition) is 3. The van der Waals surface area contributed by atoms with Gasteiger partial charge >= 0.3 is 0 Å². The van der Waals surface area contributed by atoms with Crippen LogP contribution in [0.3, 0.4) is 0 Å². The summed E-state index contributed by atoms with van der Waals surface area (Å²) in [6.07, 6.45) is 8.75. The molecule has 0 amide bonds. The highest BCUT2D eigenvalue weighted by molar-refractivity contribution is 5.88. The van der Waals surface area contributed by atoms with Gasteiger partial charge in [-0.3, -0.25) is 0 Å². The summed E-state index contributed by atoms with van der Waals surface area (Å²) in [5.41, 5.74) is 9.37. The molecule has 0 saturated carbocycles. The molecule has 0 atom stereocenters. The molecule has 0 spiro atoms. The van der Waals surface area contributed by atoms with E-state index in [0.29, 0.717) is 12.1 Å². The summed E-state index contributed by atoms with van der Waals surface area (Å²) in [5.74, 6) is 0.617. The van der Waals surface area contributed by atoms with E-state index in [1.807, 2.05) is 47.6 Å². The minimum absolute atomic E-state index is 0.208. The summed E-state index contributed by atoms with van der Waals surface area (Å²) >= 11 is 0. The Bertz CT molecular complexity index is 1230. The summed E-state index contributed by atoms with van der Waals surface area (Å²) in [5, 5.41) is 4.44. The fourth-order valence-corrected chi connectivity index (χ4v) is 3.91. The molecule has 0 radical (unpaired) electrons. The van der Waals surface area contributed by atoms with Gasteiger partial charge in [-0.25, -0.2) is 14.4 Å². The number of nitrogens with one attached hydrogen (secondary N) is 2. The number of rotatable bonds is 7. The molecular weight excluding hydrogens is 423 g/mol. The molecule has 1 aromatic carbocycles. The zero-order valence-corrected chi connectivity index (χ0v) is 22.2. The zero-order valence-electron chi connectivity index (χ0n) is 22.2. The smallest absolute Gasteiger partial charge is 0.147 e. The number of fused-ring (bicyclic) bond motifs is 1. The molecule has 5 heteroatoms. The third-order valence-electron chi connectivity index (χ3n) is 6.10. The molecule has 2 heterocycles. The van der Waals surface area contributed by atoms with E-state index in [1.165, 1.54) is 22.8 Å². The highest BCUT2D eigenvalue weighted by atomic mass is 19.1. The molecule has 34 heavy (non-hydrogen) atoms. The van der Waals surface area contributed by atoms with Crippen LogP contribution in [0, 0.1) is 26.6 Å². The Morgan fingerprint density at radius 1 is 1.06 bits per heavy atom. The van der Waals surface area contributed by atoms with Crippen molar-refractivity contribution in [1.82, 2.24) is 15.0 Å². The average Bonchev–Trinajstić information content (AvgIpc) is 3.17. The highest BCUT2D eigenvalue weighted by Gasteiger charge is 2.14. The van der Waals surface area contributed by atoms with Crippen molar-refractivity contribution in [3.63, 3.8) is 0 Å². The van der Waals surface area contributed by atoms with Crippen molar-refractivity contribution in [2.24, 2.45) is 0 Å². The monoisotopic (exact) mass is 462 g/mol. The molecule has 0 aliphatic heterocycles. The van der Waals surface area contributed by atoms with Crippen molar-refractivity contribution in [1.29, 1.82) is 0 Å². The molecule has 3 aromatic rings. The lowest BCUT2D eigenvalue weighted by Crippen LogP contribution is -2.09. The second kappa shape index (κ2) is 12.3. The van der Waals surface area contributed by atoms with E-state index in [4.69, 9.17) is 0 Å². The first kappa shape index (κ1) is 27.0. The Morgan fingerprint density at radius 3 is 2.44 bits per heavy atom. The highest BCUT2D eigenvalue weighted by Crippen LogP contribution is 2.28. The van der Waals surface area contributed by atoms with Gasteiger partial charge in [0.25, 0.3) is 0 Å². The van der Waals surface area contributed by atoms with Gasteiger partial charge in [0.15, 0.2) is 0 Å². The topological polar surface area (TPSA) is 53.6 Å². The Balaban J connectivity index is 0.00000199. The van der Waals surface area contributed by atoms with E-state index < -0.39 is 0 Å². The van der Waals surface area contributed by atoms with E-state index in [9.17, 15) is 4.39 Å². The standard InChI is InChI=1S/C27H33FN4.C2H6/c1-8-16(2)13-18(4)19(5)14-24-20(6)27(31-15-30-24)29-12-11-22-21(7)32-26-23(28)10-9-17(3)25(22)26;1-2/h8-10,13-15,32H,11-12H2,1-7H3,(H,29,30,31);1-2H3/b16-8-,18-13+,19-14+;. The van der Waals surface area contributed by atoms with E-state index in [-0.39, 0.29) is 5.82 Å². The maximum absolute atomic E-state index is 14.2. The van der Waals surface area contributed by atoms with Gasteiger partial charge in [0, 0.05) is 23.2 Å². The first-order valence-corrected chi connectivity index (χ1v) is 12.0. The average molecular weight is 463 g/mol. The number of anilines is 1. The summed E-state index contributed by atoms with van der Waals surface area (Å²) in [7, 11) is 0. The molecular formula is C29H39FN4. The molecule has 0 saturated heterocycles. The number of aromatic nitrogens is 3. The Labute approximate surface area is 204 Å². The molecule has 0 unspecified atom stereocenters. The van der Waals surface area contributed by atoms with Crippen molar-refractivity contribution in [3.05, 3.63) is 81.2 Å². The van der Waals surface area contributed by atoms with Gasteiger partial charge in [-0.15, -0.1) is 0 Å². The van der Waals surface area contributed by atoms with Crippen molar-refractivity contribution in [2.75, 3.05) is 11.9 Å². The fraction of sp³-hybridized carbons (Fsp3) is 0.379. The molecule has 0 aliphatic carbocycles. The van der Waals surface area contributed by atoms with Crippen LogP contribution < -0.4 is 5.32 Å². The van der Waals surface area contributed by atoms with Gasteiger partial charge in [-0.1, -0.05) is 37.6 Å². The van der Waals surface area contributed by atoms with Crippen molar-refractivity contribution in [3.8, 4) is 0 Å². The van der Waals surface area contributed by atoms with Crippen LogP contribution in [0.4, 0.5) is 10.2 Å². The Hall–Kier alpha value is -3.21. The molecule has 0 fully saturated rings. The molecule has 2 N–H and O–H groups in total. The summed E-state index contributed by atoms with van der Waals surface area (Å²) < 4.78 is 14.2. The van der Waals surface area contributed by atoms with Gasteiger partial charge in [-0.05, 0) is 89.3 Å². The number of allylic oxidation sites excluding steroid dienone is 5. The van der Waals surface area contributed by atoms with E-state index in [2.05, 4.69) is 59.3 Å². The number of nitrogens with zero attached hydrogens (tertiary/aromatic N) is 2. The number of aryl methyl sites for hydroxylation is 2. The number of H-pyrrole nitrogens is 1. The predicted molar refractivity (Wildman–Crippen MR) is 145 cm³/mol. The van der Waals surface area contributed by atoms with Crippen LogP contribution in [0.1, 0.15) is 69.6 Å². The van der Waals surface area contributed by atoms with E-state index in [0.717, 1.165) is 45.7 Å². The Morgan fingerprint density at radius 2 is 1.76 bits per heavy atom. The minimum atomic E-state index is -0.208. The first-order chi connectivity index (χ1) is 16.2. The lowest BCUT2D eigenvalue weighted by Gasteiger charge is -2.11. The lowest BCUT2D eigenvalue weighted by molar-refractivity contribution is 0.637.